The van der Waals surface area contributed by atoms with Gasteiger partial charge >= 0.3 is 0 Å². The van der Waals surface area contributed by atoms with E-state index in [-0.39, 0.29) is 0 Å². The number of hydrogen-bond acceptors (Lipinski definition) is 1. The first-order chi connectivity index (χ1) is 11.8. The summed E-state index contributed by atoms with van der Waals surface area (Å²) in [6.45, 7) is 2.99. The molecule has 1 heteroatoms. The highest BCUT2D eigenvalue weighted by Crippen LogP contribution is 2.38. The molecule has 2 aromatic carbocycles. The average molecular weight is 322 g/mol. The van der Waals surface area contributed by atoms with E-state index in [4.69, 9.17) is 4.74 Å². The molecule has 1 fully saturated rings. The molecule has 1 saturated carbocycles. The molecule has 3 rings (SSSR count). The van der Waals surface area contributed by atoms with Gasteiger partial charge in [-0.05, 0) is 59.8 Å². The summed E-state index contributed by atoms with van der Waals surface area (Å²) in [5.41, 5.74) is 5.35. The van der Waals surface area contributed by atoms with E-state index >= 15 is 0 Å². The second-order valence-corrected chi connectivity index (χ2v) is 7.26. The Hall–Kier alpha value is -1.60. The van der Waals surface area contributed by atoms with Crippen LogP contribution >= 0.6 is 0 Å². The van der Waals surface area contributed by atoms with E-state index in [0.29, 0.717) is 6.61 Å². The van der Waals surface area contributed by atoms with Gasteiger partial charge in [0, 0.05) is 7.11 Å². The van der Waals surface area contributed by atoms with E-state index in [1.807, 2.05) is 0 Å². The summed E-state index contributed by atoms with van der Waals surface area (Å²) in [5.74, 6) is 1.76. The molecule has 1 nitrogen and oxygen atoms in total. The molecule has 0 bridgehead atoms. The summed E-state index contributed by atoms with van der Waals surface area (Å²) in [5, 5.41) is 0. The summed E-state index contributed by atoms with van der Waals surface area (Å²) >= 11 is 0. The van der Waals surface area contributed by atoms with E-state index in [9.17, 15) is 0 Å². The first-order valence-corrected chi connectivity index (χ1v) is 9.48. The van der Waals surface area contributed by atoms with Gasteiger partial charge in [0.15, 0.2) is 0 Å². The van der Waals surface area contributed by atoms with Gasteiger partial charge in [-0.25, -0.2) is 0 Å². The quantitative estimate of drug-likeness (QED) is 0.584. The van der Waals surface area contributed by atoms with Crippen LogP contribution in [0.25, 0.3) is 11.1 Å². The maximum absolute atomic E-state index is 5.18. The topological polar surface area (TPSA) is 9.23 Å². The van der Waals surface area contributed by atoms with Gasteiger partial charge in [0.2, 0.25) is 0 Å². The Labute approximate surface area is 147 Å². The van der Waals surface area contributed by atoms with Crippen molar-refractivity contribution in [3.63, 3.8) is 0 Å². The fourth-order valence-electron chi connectivity index (χ4n) is 4.10. The maximum atomic E-state index is 5.18. The van der Waals surface area contributed by atoms with Crippen LogP contribution in [0.2, 0.25) is 0 Å². The Morgan fingerprint density at radius 2 is 1.42 bits per heavy atom. The van der Waals surface area contributed by atoms with Crippen LogP contribution in [0.1, 0.15) is 62.5 Å². The first-order valence-electron chi connectivity index (χ1n) is 9.48. The Bertz CT molecular complexity index is 603. The molecule has 0 N–H and O–H groups in total. The van der Waals surface area contributed by atoms with Crippen molar-refractivity contribution in [3.8, 4) is 11.1 Å². The van der Waals surface area contributed by atoms with Crippen molar-refractivity contribution < 1.29 is 4.74 Å². The minimum absolute atomic E-state index is 0.680. The molecule has 0 atom stereocenters. The molecule has 1 aliphatic rings. The number of rotatable bonds is 6. The first kappa shape index (κ1) is 17.2. The second-order valence-electron chi connectivity index (χ2n) is 7.26. The molecular weight excluding hydrogens is 292 g/mol. The van der Waals surface area contributed by atoms with Crippen LogP contribution in [0, 0.1) is 5.92 Å². The Morgan fingerprint density at radius 3 is 1.96 bits per heavy atom. The van der Waals surface area contributed by atoms with Crippen LogP contribution in [-0.2, 0) is 11.3 Å². The molecular formula is C23H30O. The molecule has 1 aliphatic carbocycles. The third-order valence-electron chi connectivity index (χ3n) is 5.52. The highest BCUT2D eigenvalue weighted by molar-refractivity contribution is 5.64. The van der Waals surface area contributed by atoms with E-state index < -0.39 is 0 Å². The van der Waals surface area contributed by atoms with Gasteiger partial charge in [-0.1, -0.05) is 68.3 Å². The molecule has 0 saturated heterocycles. The van der Waals surface area contributed by atoms with Crippen LogP contribution < -0.4 is 0 Å². The van der Waals surface area contributed by atoms with Crippen LogP contribution in [0.3, 0.4) is 0 Å². The zero-order chi connectivity index (χ0) is 16.8. The number of benzene rings is 2. The molecule has 0 radical (unpaired) electrons. The Morgan fingerprint density at radius 1 is 0.833 bits per heavy atom. The molecule has 0 heterocycles. The van der Waals surface area contributed by atoms with E-state index in [1.54, 1.807) is 7.11 Å². The van der Waals surface area contributed by atoms with Gasteiger partial charge in [0.05, 0.1) is 6.61 Å². The monoisotopic (exact) mass is 322 g/mol. The lowest BCUT2D eigenvalue weighted by atomic mass is 9.77. The van der Waals surface area contributed by atoms with Crippen LogP contribution in [0.15, 0.2) is 48.5 Å². The van der Waals surface area contributed by atoms with Gasteiger partial charge in [-0.15, -0.1) is 0 Å². The third kappa shape index (κ3) is 4.27. The highest BCUT2D eigenvalue weighted by atomic mass is 16.5. The molecule has 24 heavy (non-hydrogen) atoms. The average Bonchev–Trinajstić information content (AvgIpc) is 2.64. The SMILES string of the molecule is CCCC1CCC(c2ccc(-c3ccc(COC)cc3)cc2)CC1. The van der Waals surface area contributed by atoms with Gasteiger partial charge < -0.3 is 4.74 Å². The third-order valence-corrected chi connectivity index (χ3v) is 5.52. The molecule has 0 aliphatic heterocycles. The molecule has 128 valence electrons. The van der Waals surface area contributed by atoms with Gasteiger partial charge in [-0.2, -0.15) is 0 Å². The lowest BCUT2D eigenvalue weighted by Gasteiger charge is -2.28. The predicted octanol–water partition coefficient (Wildman–Crippen LogP) is 6.57. The standard InChI is InChI=1S/C23H30O/c1-3-4-18-5-9-20(10-6-18)22-13-15-23(16-14-22)21-11-7-19(8-12-21)17-24-2/h7-8,11-16,18,20H,3-6,9-10,17H2,1-2H3. The zero-order valence-electron chi connectivity index (χ0n) is 15.1. The van der Waals surface area contributed by atoms with Crippen LogP contribution in [0.4, 0.5) is 0 Å². The minimum atomic E-state index is 0.680. The lowest BCUT2D eigenvalue weighted by Crippen LogP contribution is -2.13. The van der Waals surface area contributed by atoms with Crippen molar-refractivity contribution in [2.45, 2.75) is 58.0 Å². The second kappa shape index (κ2) is 8.48. The van der Waals surface area contributed by atoms with E-state index in [1.165, 1.54) is 60.8 Å². The molecule has 2 aromatic rings. The summed E-state index contributed by atoms with van der Waals surface area (Å²) in [6.07, 6.45) is 8.34. The van der Waals surface area contributed by atoms with Crippen molar-refractivity contribution in [3.05, 3.63) is 59.7 Å². The lowest BCUT2D eigenvalue weighted by molar-refractivity contribution is 0.185. The van der Waals surface area contributed by atoms with Gasteiger partial charge in [-0.3, -0.25) is 0 Å². The molecule has 0 unspecified atom stereocenters. The van der Waals surface area contributed by atoms with Crippen LogP contribution in [0.5, 0.6) is 0 Å². The number of ether oxygens (including phenoxy) is 1. The zero-order valence-corrected chi connectivity index (χ0v) is 15.1. The fraction of sp³-hybridized carbons (Fsp3) is 0.478. The highest BCUT2D eigenvalue weighted by Gasteiger charge is 2.21. The maximum Gasteiger partial charge on any atom is 0.0713 e. The Balaban J connectivity index is 1.63. The predicted molar refractivity (Wildman–Crippen MR) is 102 cm³/mol. The van der Waals surface area contributed by atoms with E-state index in [2.05, 4.69) is 55.5 Å². The largest absolute Gasteiger partial charge is 0.380 e. The van der Waals surface area contributed by atoms with Crippen molar-refractivity contribution in [1.29, 1.82) is 0 Å². The number of methoxy groups -OCH3 is 1. The van der Waals surface area contributed by atoms with Gasteiger partial charge in [0.25, 0.3) is 0 Å². The van der Waals surface area contributed by atoms with Gasteiger partial charge in [0.1, 0.15) is 0 Å². The summed E-state index contributed by atoms with van der Waals surface area (Å²) < 4.78 is 5.18. The Kier molecular flexibility index (Phi) is 6.09. The smallest absolute Gasteiger partial charge is 0.0713 e. The summed E-state index contributed by atoms with van der Waals surface area (Å²) in [6, 6.07) is 18.0. The fourth-order valence-corrected chi connectivity index (χ4v) is 4.10. The van der Waals surface area contributed by atoms with E-state index in [0.717, 1.165) is 11.8 Å². The number of hydrogen-bond donors (Lipinski definition) is 0. The van der Waals surface area contributed by atoms with Crippen molar-refractivity contribution >= 4 is 0 Å². The van der Waals surface area contributed by atoms with Crippen molar-refractivity contribution in [1.82, 2.24) is 0 Å². The minimum Gasteiger partial charge on any atom is -0.380 e. The molecule has 0 spiro atoms. The molecule has 0 amide bonds. The van der Waals surface area contributed by atoms with Crippen molar-refractivity contribution in [2.75, 3.05) is 7.11 Å². The summed E-state index contributed by atoms with van der Waals surface area (Å²) in [7, 11) is 1.74. The summed E-state index contributed by atoms with van der Waals surface area (Å²) in [4.78, 5) is 0. The van der Waals surface area contributed by atoms with Crippen molar-refractivity contribution in [2.24, 2.45) is 5.92 Å². The normalized spacial score (nSPS) is 20.9. The van der Waals surface area contributed by atoms with Crippen LogP contribution in [-0.4, -0.2) is 7.11 Å². The molecule has 0 aromatic heterocycles.